The number of thiazole rings is 1. The predicted octanol–water partition coefficient (Wildman–Crippen LogP) is 3.13. The molecule has 4 nitrogen and oxygen atoms in total. The monoisotopic (exact) mass is 321 g/mol. The molecule has 0 spiro atoms. The Labute approximate surface area is 132 Å². The molecule has 2 aromatic rings. The maximum atomic E-state index is 11.9. The fraction of sp³-hybridized carbons (Fsp3) is 0.333. The SMILES string of the molecule is Cc1nc(NC(=O)C2(N)CC2)sc1Cc1cccc(Cl)c1. The largest absolute Gasteiger partial charge is 0.317 e. The quantitative estimate of drug-likeness (QED) is 0.909. The van der Waals surface area contributed by atoms with Gasteiger partial charge in [0.25, 0.3) is 0 Å². The zero-order chi connectivity index (χ0) is 15.0. The summed E-state index contributed by atoms with van der Waals surface area (Å²) < 4.78 is 0. The second-order valence-electron chi connectivity index (χ2n) is 5.44. The molecule has 1 amide bonds. The first-order valence-electron chi connectivity index (χ1n) is 6.77. The maximum absolute atomic E-state index is 11.9. The standard InChI is InChI=1S/C15H16ClN3OS/c1-9-12(8-10-3-2-4-11(16)7-10)21-14(18-9)19-13(20)15(17)5-6-15/h2-4,7H,5-6,8,17H2,1H3,(H,18,19,20). The summed E-state index contributed by atoms with van der Waals surface area (Å²) >= 11 is 7.49. The van der Waals surface area contributed by atoms with E-state index in [1.807, 2.05) is 31.2 Å². The van der Waals surface area contributed by atoms with Crippen LogP contribution in [0.15, 0.2) is 24.3 Å². The van der Waals surface area contributed by atoms with Gasteiger partial charge in [0.05, 0.1) is 11.2 Å². The van der Waals surface area contributed by atoms with Gasteiger partial charge >= 0.3 is 0 Å². The molecule has 3 rings (SSSR count). The maximum Gasteiger partial charge on any atom is 0.246 e. The number of nitrogens with one attached hydrogen (secondary N) is 1. The lowest BCUT2D eigenvalue weighted by Crippen LogP contribution is -2.37. The summed E-state index contributed by atoms with van der Waals surface area (Å²) in [6, 6.07) is 7.76. The molecule has 3 N–H and O–H groups in total. The third kappa shape index (κ3) is 3.26. The van der Waals surface area contributed by atoms with Crippen LogP contribution < -0.4 is 11.1 Å². The van der Waals surface area contributed by atoms with Gasteiger partial charge in [-0.1, -0.05) is 23.7 Å². The number of carbonyl (C=O) groups excluding carboxylic acids is 1. The van der Waals surface area contributed by atoms with E-state index in [0.29, 0.717) is 5.13 Å². The molecule has 1 aromatic heterocycles. The highest BCUT2D eigenvalue weighted by Crippen LogP contribution is 2.34. The zero-order valence-electron chi connectivity index (χ0n) is 11.6. The number of hydrogen-bond donors (Lipinski definition) is 2. The van der Waals surface area contributed by atoms with Crippen LogP contribution in [0.2, 0.25) is 5.02 Å². The lowest BCUT2D eigenvalue weighted by atomic mass is 10.1. The van der Waals surface area contributed by atoms with Crippen LogP contribution in [0.4, 0.5) is 5.13 Å². The second kappa shape index (κ2) is 5.40. The van der Waals surface area contributed by atoms with Crippen LogP contribution in [0.25, 0.3) is 0 Å². The molecule has 1 fully saturated rings. The Balaban J connectivity index is 1.73. The summed E-state index contributed by atoms with van der Waals surface area (Å²) in [4.78, 5) is 17.5. The molecule has 0 atom stereocenters. The molecule has 0 unspecified atom stereocenters. The van der Waals surface area contributed by atoms with E-state index in [2.05, 4.69) is 10.3 Å². The van der Waals surface area contributed by atoms with E-state index in [1.165, 1.54) is 11.3 Å². The molecule has 21 heavy (non-hydrogen) atoms. The Morgan fingerprint density at radius 1 is 1.52 bits per heavy atom. The van der Waals surface area contributed by atoms with Gasteiger partial charge in [-0.05, 0) is 37.5 Å². The molecule has 1 aliphatic rings. The highest BCUT2D eigenvalue weighted by molar-refractivity contribution is 7.15. The number of halogens is 1. The van der Waals surface area contributed by atoms with Gasteiger partial charge in [0.15, 0.2) is 5.13 Å². The van der Waals surface area contributed by atoms with Gasteiger partial charge in [-0.2, -0.15) is 0 Å². The molecule has 1 saturated carbocycles. The molecule has 1 aromatic carbocycles. The van der Waals surface area contributed by atoms with Crippen molar-refractivity contribution in [3.8, 4) is 0 Å². The van der Waals surface area contributed by atoms with Gasteiger partial charge < -0.3 is 11.1 Å². The number of carbonyl (C=O) groups is 1. The molecule has 0 aliphatic heterocycles. The minimum Gasteiger partial charge on any atom is -0.317 e. The first-order valence-corrected chi connectivity index (χ1v) is 7.97. The van der Waals surface area contributed by atoms with Crippen molar-refractivity contribution < 1.29 is 4.79 Å². The fourth-order valence-corrected chi connectivity index (χ4v) is 3.27. The topological polar surface area (TPSA) is 68.0 Å². The number of aryl methyl sites for hydroxylation is 1. The second-order valence-corrected chi connectivity index (χ2v) is 6.96. The first-order chi connectivity index (χ1) is 9.96. The number of anilines is 1. The molecule has 0 saturated heterocycles. The van der Waals surface area contributed by atoms with Crippen LogP contribution >= 0.6 is 22.9 Å². The number of rotatable bonds is 4. The van der Waals surface area contributed by atoms with E-state index in [1.54, 1.807) is 0 Å². The number of nitrogens with two attached hydrogens (primary N) is 1. The van der Waals surface area contributed by atoms with Gasteiger partial charge in [-0.3, -0.25) is 4.79 Å². The molecule has 6 heteroatoms. The first kappa shape index (κ1) is 14.5. The average molecular weight is 322 g/mol. The van der Waals surface area contributed by atoms with Gasteiger partial charge in [-0.15, -0.1) is 11.3 Å². The predicted molar refractivity (Wildman–Crippen MR) is 85.9 cm³/mol. The molecule has 1 aliphatic carbocycles. The summed E-state index contributed by atoms with van der Waals surface area (Å²) in [5, 5.41) is 4.16. The molecule has 0 radical (unpaired) electrons. The number of nitrogens with zero attached hydrogens (tertiary/aromatic N) is 1. The van der Waals surface area contributed by atoms with E-state index in [0.717, 1.165) is 40.4 Å². The van der Waals surface area contributed by atoms with Crippen molar-refractivity contribution in [2.24, 2.45) is 5.73 Å². The Morgan fingerprint density at radius 3 is 2.95 bits per heavy atom. The van der Waals surface area contributed by atoms with E-state index < -0.39 is 5.54 Å². The van der Waals surface area contributed by atoms with Gasteiger partial charge in [-0.25, -0.2) is 4.98 Å². The van der Waals surface area contributed by atoms with Crippen molar-refractivity contribution in [2.45, 2.75) is 31.7 Å². The van der Waals surface area contributed by atoms with Crippen LogP contribution in [0, 0.1) is 6.92 Å². The molecule has 110 valence electrons. The van der Waals surface area contributed by atoms with Gasteiger partial charge in [0, 0.05) is 16.3 Å². The third-order valence-corrected chi connectivity index (χ3v) is 4.92. The van der Waals surface area contributed by atoms with Crippen LogP contribution in [0.1, 0.15) is 29.0 Å². The molecular weight excluding hydrogens is 306 g/mol. The fourth-order valence-electron chi connectivity index (χ4n) is 2.06. The summed E-state index contributed by atoms with van der Waals surface area (Å²) in [6.07, 6.45) is 2.25. The summed E-state index contributed by atoms with van der Waals surface area (Å²) in [5.41, 5.74) is 7.26. The normalized spacial score (nSPS) is 15.8. The average Bonchev–Trinajstić information content (AvgIpc) is 3.08. The summed E-state index contributed by atoms with van der Waals surface area (Å²) in [7, 11) is 0. The van der Waals surface area contributed by atoms with Crippen molar-refractivity contribution in [2.75, 3.05) is 5.32 Å². The molecular formula is C15H16ClN3OS. The minimum absolute atomic E-state index is 0.134. The Hall–Kier alpha value is -1.43. The number of hydrogen-bond acceptors (Lipinski definition) is 4. The number of benzene rings is 1. The van der Waals surface area contributed by atoms with Crippen LogP contribution in [0.3, 0.4) is 0 Å². The smallest absolute Gasteiger partial charge is 0.246 e. The molecule has 1 heterocycles. The minimum atomic E-state index is -0.674. The van der Waals surface area contributed by atoms with Crippen molar-refractivity contribution in [3.05, 3.63) is 45.4 Å². The van der Waals surface area contributed by atoms with E-state index >= 15 is 0 Å². The zero-order valence-corrected chi connectivity index (χ0v) is 13.2. The van der Waals surface area contributed by atoms with E-state index in [9.17, 15) is 4.79 Å². The highest BCUT2D eigenvalue weighted by Gasteiger charge is 2.46. The highest BCUT2D eigenvalue weighted by atomic mass is 35.5. The number of aromatic nitrogens is 1. The van der Waals surface area contributed by atoms with E-state index in [-0.39, 0.29) is 5.91 Å². The number of amides is 1. The van der Waals surface area contributed by atoms with Crippen LogP contribution in [-0.2, 0) is 11.2 Å². The summed E-state index contributed by atoms with van der Waals surface area (Å²) in [5.74, 6) is -0.134. The van der Waals surface area contributed by atoms with Crippen molar-refractivity contribution in [1.29, 1.82) is 0 Å². The van der Waals surface area contributed by atoms with Crippen molar-refractivity contribution >= 4 is 34.0 Å². The van der Waals surface area contributed by atoms with Crippen LogP contribution in [-0.4, -0.2) is 16.4 Å². The lowest BCUT2D eigenvalue weighted by molar-refractivity contribution is -0.118. The van der Waals surface area contributed by atoms with Crippen LogP contribution in [0.5, 0.6) is 0 Å². The Bertz CT molecular complexity index is 694. The third-order valence-electron chi connectivity index (χ3n) is 3.61. The van der Waals surface area contributed by atoms with E-state index in [4.69, 9.17) is 17.3 Å². The van der Waals surface area contributed by atoms with Crippen molar-refractivity contribution in [1.82, 2.24) is 4.98 Å². The Morgan fingerprint density at radius 2 is 2.29 bits per heavy atom. The summed E-state index contributed by atoms with van der Waals surface area (Å²) in [6.45, 7) is 1.95. The molecule has 0 bridgehead atoms. The Kier molecular flexibility index (Phi) is 3.73. The van der Waals surface area contributed by atoms with Gasteiger partial charge in [0.1, 0.15) is 0 Å². The van der Waals surface area contributed by atoms with Crippen molar-refractivity contribution in [3.63, 3.8) is 0 Å². The van der Waals surface area contributed by atoms with Gasteiger partial charge in [0.2, 0.25) is 5.91 Å². The lowest BCUT2D eigenvalue weighted by Gasteiger charge is -2.06.